The molecular formula is C13H15F2N3O. The number of halogens is 2. The molecule has 0 aromatic heterocycles. The van der Waals surface area contributed by atoms with Gasteiger partial charge in [0.2, 0.25) is 5.91 Å². The molecule has 1 amide bonds. The van der Waals surface area contributed by atoms with Crippen molar-refractivity contribution in [2.24, 2.45) is 5.92 Å². The first kappa shape index (κ1) is 14.9. The number of benzene rings is 1. The lowest BCUT2D eigenvalue weighted by Gasteiger charge is -2.22. The van der Waals surface area contributed by atoms with Gasteiger partial charge in [-0.05, 0) is 18.1 Å². The number of hydrogen-bond acceptors (Lipinski definition) is 3. The summed E-state index contributed by atoms with van der Waals surface area (Å²) >= 11 is 0. The van der Waals surface area contributed by atoms with Crippen LogP contribution in [0.25, 0.3) is 0 Å². The second kappa shape index (κ2) is 6.14. The smallest absolute Gasteiger partial charge is 0.242 e. The van der Waals surface area contributed by atoms with Gasteiger partial charge in [0.15, 0.2) is 11.6 Å². The van der Waals surface area contributed by atoms with E-state index in [9.17, 15) is 13.6 Å². The van der Waals surface area contributed by atoms with Gasteiger partial charge in [-0.1, -0.05) is 13.8 Å². The number of carbonyl (C=O) groups excluding carboxylic acids is 1. The fourth-order valence-corrected chi connectivity index (χ4v) is 1.62. The maximum atomic E-state index is 13.7. The summed E-state index contributed by atoms with van der Waals surface area (Å²) in [6.07, 6.45) is 0. The molecular weight excluding hydrogens is 252 g/mol. The van der Waals surface area contributed by atoms with Crippen molar-refractivity contribution in [3.8, 4) is 6.07 Å². The molecule has 0 saturated heterocycles. The molecule has 2 N–H and O–H groups in total. The summed E-state index contributed by atoms with van der Waals surface area (Å²) in [4.78, 5) is 11.6. The summed E-state index contributed by atoms with van der Waals surface area (Å²) in [5.41, 5.74) is -0.511. The van der Waals surface area contributed by atoms with Crippen LogP contribution < -0.4 is 10.6 Å². The average Bonchev–Trinajstić information content (AvgIpc) is 2.36. The standard InChI is InChI=1S/C13H15F2N3O/c1-7(2)11(13(19)17-3)18-12-9(14)4-8(6-16)5-10(12)15/h4-5,7,11,18H,1-3H3,(H,17,19). The van der Waals surface area contributed by atoms with Gasteiger partial charge in [-0.3, -0.25) is 4.79 Å². The predicted octanol–water partition coefficient (Wildman–Crippen LogP) is 2.02. The predicted molar refractivity (Wildman–Crippen MR) is 67.4 cm³/mol. The highest BCUT2D eigenvalue weighted by molar-refractivity contribution is 5.84. The number of nitrogens with one attached hydrogen (secondary N) is 2. The molecule has 0 aliphatic heterocycles. The third kappa shape index (κ3) is 3.41. The van der Waals surface area contributed by atoms with E-state index in [0.717, 1.165) is 12.1 Å². The van der Waals surface area contributed by atoms with Gasteiger partial charge in [0.05, 0.1) is 11.6 Å². The molecule has 4 nitrogen and oxygen atoms in total. The van der Waals surface area contributed by atoms with Crippen molar-refractivity contribution in [3.05, 3.63) is 29.3 Å². The van der Waals surface area contributed by atoms with Crippen molar-refractivity contribution in [1.82, 2.24) is 5.32 Å². The van der Waals surface area contributed by atoms with Crippen LogP contribution in [0.5, 0.6) is 0 Å². The zero-order valence-electron chi connectivity index (χ0n) is 10.9. The lowest BCUT2D eigenvalue weighted by molar-refractivity contribution is -0.122. The Balaban J connectivity index is 3.11. The highest BCUT2D eigenvalue weighted by atomic mass is 19.1. The highest BCUT2D eigenvalue weighted by Gasteiger charge is 2.24. The molecule has 102 valence electrons. The first-order valence-corrected chi connectivity index (χ1v) is 5.78. The van der Waals surface area contributed by atoms with Gasteiger partial charge in [0, 0.05) is 7.05 Å². The van der Waals surface area contributed by atoms with E-state index in [4.69, 9.17) is 5.26 Å². The second-order valence-corrected chi connectivity index (χ2v) is 4.41. The Morgan fingerprint density at radius 3 is 2.21 bits per heavy atom. The molecule has 0 saturated carbocycles. The molecule has 0 fully saturated rings. The van der Waals surface area contributed by atoms with Crippen molar-refractivity contribution < 1.29 is 13.6 Å². The van der Waals surface area contributed by atoms with Crippen LogP contribution in [0.15, 0.2) is 12.1 Å². The Morgan fingerprint density at radius 1 is 1.32 bits per heavy atom. The average molecular weight is 267 g/mol. The lowest BCUT2D eigenvalue weighted by atomic mass is 10.0. The monoisotopic (exact) mass is 267 g/mol. The van der Waals surface area contributed by atoms with E-state index in [0.29, 0.717) is 0 Å². The van der Waals surface area contributed by atoms with Crippen LogP contribution in [0.1, 0.15) is 19.4 Å². The minimum atomic E-state index is -0.897. The Morgan fingerprint density at radius 2 is 1.84 bits per heavy atom. The lowest BCUT2D eigenvalue weighted by Crippen LogP contribution is -2.41. The molecule has 6 heteroatoms. The summed E-state index contributed by atoms with van der Waals surface area (Å²) in [5.74, 6) is -2.32. The summed E-state index contributed by atoms with van der Waals surface area (Å²) in [5, 5.41) is 13.6. The highest BCUT2D eigenvalue weighted by Crippen LogP contribution is 2.22. The zero-order valence-corrected chi connectivity index (χ0v) is 10.9. The third-order valence-electron chi connectivity index (χ3n) is 2.67. The van der Waals surface area contributed by atoms with Gasteiger partial charge in [-0.2, -0.15) is 5.26 Å². The second-order valence-electron chi connectivity index (χ2n) is 4.41. The van der Waals surface area contributed by atoms with Crippen LogP contribution in [-0.4, -0.2) is 19.0 Å². The number of nitrogens with zero attached hydrogens (tertiary/aromatic N) is 1. The maximum Gasteiger partial charge on any atom is 0.242 e. The molecule has 0 aliphatic rings. The third-order valence-corrected chi connectivity index (χ3v) is 2.67. The van der Waals surface area contributed by atoms with Crippen molar-refractivity contribution in [2.45, 2.75) is 19.9 Å². The fourth-order valence-electron chi connectivity index (χ4n) is 1.62. The molecule has 19 heavy (non-hydrogen) atoms. The van der Waals surface area contributed by atoms with E-state index in [-0.39, 0.29) is 17.4 Å². The van der Waals surface area contributed by atoms with Crippen molar-refractivity contribution in [2.75, 3.05) is 12.4 Å². The summed E-state index contributed by atoms with van der Waals surface area (Å²) in [7, 11) is 1.45. The molecule has 0 radical (unpaired) electrons. The number of likely N-dealkylation sites (N-methyl/N-ethyl adjacent to an activating group) is 1. The Hall–Kier alpha value is -2.16. The largest absolute Gasteiger partial charge is 0.369 e. The van der Waals surface area contributed by atoms with Crippen molar-refractivity contribution >= 4 is 11.6 Å². The van der Waals surface area contributed by atoms with Gasteiger partial charge < -0.3 is 10.6 Å². The molecule has 0 heterocycles. The first-order valence-electron chi connectivity index (χ1n) is 5.78. The van der Waals surface area contributed by atoms with E-state index < -0.39 is 23.4 Å². The number of hydrogen-bond donors (Lipinski definition) is 2. The number of carbonyl (C=O) groups is 1. The van der Waals surface area contributed by atoms with Crippen molar-refractivity contribution in [1.29, 1.82) is 5.26 Å². The van der Waals surface area contributed by atoms with Crippen LogP contribution in [0.2, 0.25) is 0 Å². The minimum Gasteiger partial charge on any atom is -0.369 e. The summed E-state index contributed by atoms with van der Waals surface area (Å²) in [6.45, 7) is 3.51. The molecule has 1 aromatic rings. The molecule has 1 aromatic carbocycles. The molecule has 0 bridgehead atoms. The van der Waals surface area contributed by atoms with Crippen LogP contribution in [0, 0.1) is 28.9 Å². The SMILES string of the molecule is CNC(=O)C(Nc1c(F)cc(C#N)cc1F)C(C)C. The molecule has 1 unspecified atom stereocenters. The summed E-state index contributed by atoms with van der Waals surface area (Å²) in [6, 6.07) is 2.74. The van der Waals surface area contributed by atoms with Gasteiger partial charge in [-0.15, -0.1) is 0 Å². The number of amides is 1. The van der Waals surface area contributed by atoms with Crippen LogP contribution in [-0.2, 0) is 4.79 Å². The number of rotatable bonds is 4. The van der Waals surface area contributed by atoms with Gasteiger partial charge in [0.1, 0.15) is 11.7 Å². The van der Waals surface area contributed by atoms with E-state index in [1.165, 1.54) is 7.05 Å². The molecule has 0 spiro atoms. The minimum absolute atomic E-state index is 0.110. The van der Waals surface area contributed by atoms with E-state index in [1.807, 2.05) is 0 Å². The molecule has 1 rings (SSSR count). The maximum absolute atomic E-state index is 13.7. The first-order chi connectivity index (χ1) is 8.90. The molecule has 0 aliphatic carbocycles. The van der Waals surface area contributed by atoms with E-state index in [2.05, 4.69) is 10.6 Å². The number of nitriles is 1. The van der Waals surface area contributed by atoms with Gasteiger partial charge in [-0.25, -0.2) is 8.78 Å². The van der Waals surface area contributed by atoms with Crippen LogP contribution >= 0.6 is 0 Å². The quantitative estimate of drug-likeness (QED) is 0.877. The normalized spacial score (nSPS) is 11.8. The van der Waals surface area contributed by atoms with E-state index >= 15 is 0 Å². The Kier molecular flexibility index (Phi) is 4.81. The summed E-state index contributed by atoms with van der Waals surface area (Å²) < 4.78 is 27.4. The zero-order chi connectivity index (χ0) is 14.6. The van der Waals surface area contributed by atoms with Gasteiger partial charge >= 0.3 is 0 Å². The van der Waals surface area contributed by atoms with Gasteiger partial charge in [0.25, 0.3) is 0 Å². The Bertz CT molecular complexity index is 500. The topological polar surface area (TPSA) is 64.9 Å². The Labute approximate surface area is 110 Å². The fraction of sp³-hybridized carbons (Fsp3) is 0.385. The van der Waals surface area contributed by atoms with E-state index in [1.54, 1.807) is 19.9 Å². The van der Waals surface area contributed by atoms with Crippen molar-refractivity contribution in [3.63, 3.8) is 0 Å². The van der Waals surface area contributed by atoms with Crippen LogP contribution in [0.3, 0.4) is 0 Å². The van der Waals surface area contributed by atoms with Crippen LogP contribution in [0.4, 0.5) is 14.5 Å². The molecule has 1 atom stereocenters. The number of anilines is 1.